The maximum atomic E-state index is 10.0. The number of aliphatic hydroxyl groups is 4. The fourth-order valence-electron chi connectivity index (χ4n) is 3.07. The van der Waals surface area contributed by atoms with E-state index in [2.05, 4.69) is 0 Å². The van der Waals surface area contributed by atoms with Gasteiger partial charge in [0.1, 0.15) is 0 Å². The number of nitrogens with zero attached hydrogens (tertiary/aromatic N) is 1. The molecule has 0 spiro atoms. The van der Waals surface area contributed by atoms with E-state index in [-0.39, 0.29) is 25.3 Å². The third-order valence-electron chi connectivity index (χ3n) is 4.29. The topological polar surface area (TPSA) is 110 Å². The summed E-state index contributed by atoms with van der Waals surface area (Å²) < 4.78 is 0. The molecule has 2 rings (SSSR count). The van der Waals surface area contributed by atoms with Crippen molar-refractivity contribution in [3.8, 4) is 0 Å². The van der Waals surface area contributed by atoms with Gasteiger partial charge in [-0.25, -0.2) is 0 Å². The van der Waals surface area contributed by atoms with Crippen molar-refractivity contribution in [3.05, 3.63) is 23.8 Å². The number of aliphatic hydroxyl groups excluding tert-OH is 4. The highest BCUT2D eigenvalue weighted by Crippen LogP contribution is 2.35. The Bertz CT molecular complexity index is 465. The lowest BCUT2D eigenvalue weighted by molar-refractivity contribution is 0.0614. The van der Waals surface area contributed by atoms with Crippen molar-refractivity contribution in [2.24, 2.45) is 0 Å². The third-order valence-corrected chi connectivity index (χ3v) is 4.29. The average molecular weight is 296 g/mol. The molecule has 0 aliphatic carbocycles. The number of aryl methyl sites for hydroxylation is 1. The van der Waals surface area contributed by atoms with Crippen LogP contribution in [-0.4, -0.2) is 57.9 Å². The van der Waals surface area contributed by atoms with Crippen LogP contribution in [-0.2, 0) is 0 Å². The van der Waals surface area contributed by atoms with E-state index < -0.39 is 12.2 Å². The summed E-state index contributed by atoms with van der Waals surface area (Å²) in [5, 5.41) is 38.5. The number of hydrogen-bond acceptors (Lipinski definition) is 6. The summed E-state index contributed by atoms with van der Waals surface area (Å²) >= 11 is 0. The van der Waals surface area contributed by atoms with Gasteiger partial charge in [0.05, 0.1) is 37.5 Å². The van der Waals surface area contributed by atoms with E-state index in [1.54, 1.807) is 6.07 Å². The molecule has 4 atom stereocenters. The summed E-state index contributed by atoms with van der Waals surface area (Å²) in [6, 6.07) is 4.94. The first-order valence-corrected chi connectivity index (χ1v) is 7.22. The third kappa shape index (κ3) is 3.13. The zero-order valence-corrected chi connectivity index (χ0v) is 12.2. The summed E-state index contributed by atoms with van der Waals surface area (Å²) in [6.07, 6.45) is -0.489. The SMILES string of the molecule is Cc1cc(N2C(C(O)CO)CCC2C(O)CO)ccc1N. The summed E-state index contributed by atoms with van der Waals surface area (Å²) in [5.74, 6) is 0. The van der Waals surface area contributed by atoms with Gasteiger partial charge in [0, 0.05) is 11.4 Å². The van der Waals surface area contributed by atoms with Crippen LogP contribution in [0, 0.1) is 6.92 Å². The number of rotatable bonds is 5. The van der Waals surface area contributed by atoms with Gasteiger partial charge in [-0.3, -0.25) is 0 Å². The average Bonchev–Trinajstić information content (AvgIpc) is 2.93. The monoisotopic (exact) mass is 296 g/mol. The lowest BCUT2D eigenvalue weighted by atomic mass is 10.1. The van der Waals surface area contributed by atoms with E-state index in [1.807, 2.05) is 24.0 Å². The highest BCUT2D eigenvalue weighted by Gasteiger charge is 2.40. The summed E-state index contributed by atoms with van der Waals surface area (Å²) in [4.78, 5) is 1.90. The number of hydrogen-bond donors (Lipinski definition) is 5. The molecule has 1 aromatic carbocycles. The Labute approximate surface area is 124 Å². The van der Waals surface area contributed by atoms with Crippen molar-refractivity contribution in [1.82, 2.24) is 0 Å². The standard InChI is InChI=1S/C15H24N2O4/c1-9-6-10(2-3-11(9)16)17-12(14(20)7-18)4-5-13(17)15(21)8-19/h2-3,6,12-15,18-21H,4-5,7-8,16H2,1H3. The van der Waals surface area contributed by atoms with Crippen molar-refractivity contribution in [2.75, 3.05) is 23.8 Å². The Hall–Kier alpha value is -1.34. The van der Waals surface area contributed by atoms with Crippen molar-refractivity contribution in [3.63, 3.8) is 0 Å². The summed E-state index contributed by atoms with van der Waals surface area (Å²) in [6.45, 7) is 1.22. The van der Waals surface area contributed by atoms with Crippen LogP contribution < -0.4 is 10.6 Å². The van der Waals surface area contributed by atoms with Gasteiger partial charge in [-0.15, -0.1) is 0 Å². The zero-order valence-electron chi connectivity index (χ0n) is 12.2. The van der Waals surface area contributed by atoms with Crippen molar-refractivity contribution < 1.29 is 20.4 Å². The first kappa shape index (κ1) is 16.0. The highest BCUT2D eigenvalue weighted by atomic mass is 16.3. The van der Waals surface area contributed by atoms with Crippen LogP contribution >= 0.6 is 0 Å². The number of benzene rings is 1. The molecule has 1 fully saturated rings. The Kier molecular flexibility index (Phi) is 5.05. The molecular weight excluding hydrogens is 272 g/mol. The molecule has 118 valence electrons. The maximum absolute atomic E-state index is 10.0. The van der Waals surface area contributed by atoms with E-state index >= 15 is 0 Å². The lowest BCUT2D eigenvalue weighted by Crippen LogP contribution is -2.49. The second-order valence-electron chi connectivity index (χ2n) is 5.66. The second kappa shape index (κ2) is 6.62. The van der Waals surface area contributed by atoms with Gasteiger partial charge in [-0.05, 0) is 43.5 Å². The number of nitrogen functional groups attached to an aromatic ring is 1. The summed E-state index contributed by atoms with van der Waals surface area (Å²) in [7, 11) is 0. The van der Waals surface area contributed by atoms with Gasteiger partial charge < -0.3 is 31.1 Å². The maximum Gasteiger partial charge on any atom is 0.0973 e. The predicted octanol–water partition coefficient (Wildman–Crippen LogP) is -0.379. The van der Waals surface area contributed by atoms with Gasteiger partial charge in [0.15, 0.2) is 0 Å². The first-order valence-electron chi connectivity index (χ1n) is 7.22. The molecule has 4 unspecified atom stereocenters. The van der Waals surface area contributed by atoms with Crippen LogP contribution in [0.1, 0.15) is 18.4 Å². The molecule has 6 nitrogen and oxygen atoms in total. The molecule has 1 aliphatic rings. The molecule has 1 heterocycles. The minimum absolute atomic E-state index is 0.288. The van der Waals surface area contributed by atoms with E-state index in [4.69, 9.17) is 5.73 Å². The summed E-state index contributed by atoms with van der Waals surface area (Å²) in [5.41, 5.74) is 8.25. The van der Waals surface area contributed by atoms with Gasteiger partial charge in [0.2, 0.25) is 0 Å². The van der Waals surface area contributed by atoms with E-state index in [9.17, 15) is 20.4 Å². The Morgan fingerprint density at radius 1 is 1.14 bits per heavy atom. The molecule has 0 aromatic heterocycles. The largest absolute Gasteiger partial charge is 0.399 e. The lowest BCUT2D eigenvalue weighted by Gasteiger charge is -2.36. The fourth-order valence-corrected chi connectivity index (χ4v) is 3.07. The molecule has 1 aliphatic heterocycles. The quantitative estimate of drug-likeness (QED) is 0.474. The normalized spacial score (nSPS) is 25.1. The Balaban J connectivity index is 2.36. The van der Waals surface area contributed by atoms with Crippen LogP contribution in [0.4, 0.5) is 11.4 Å². The Morgan fingerprint density at radius 2 is 1.67 bits per heavy atom. The second-order valence-corrected chi connectivity index (χ2v) is 5.66. The molecule has 21 heavy (non-hydrogen) atoms. The molecule has 0 bridgehead atoms. The molecule has 1 aromatic rings. The van der Waals surface area contributed by atoms with Gasteiger partial charge in [-0.1, -0.05) is 0 Å². The van der Waals surface area contributed by atoms with Crippen LogP contribution in [0.5, 0.6) is 0 Å². The molecule has 0 radical (unpaired) electrons. The molecule has 1 saturated heterocycles. The van der Waals surface area contributed by atoms with Gasteiger partial charge in [-0.2, -0.15) is 0 Å². The molecule has 6 heteroatoms. The predicted molar refractivity (Wildman–Crippen MR) is 81.1 cm³/mol. The smallest absolute Gasteiger partial charge is 0.0973 e. The highest BCUT2D eigenvalue weighted by molar-refractivity contribution is 5.59. The molecular formula is C15H24N2O4. The molecule has 6 N–H and O–H groups in total. The van der Waals surface area contributed by atoms with Crippen LogP contribution in [0.3, 0.4) is 0 Å². The minimum Gasteiger partial charge on any atom is -0.399 e. The van der Waals surface area contributed by atoms with Crippen LogP contribution in [0.25, 0.3) is 0 Å². The van der Waals surface area contributed by atoms with Crippen LogP contribution in [0.15, 0.2) is 18.2 Å². The van der Waals surface area contributed by atoms with E-state index in [1.165, 1.54) is 0 Å². The van der Waals surface area contributed by atoms with Gasteiger partial charge in [0.25, 0.3) is 0 Å². The number of anilines is 2. The molecule has 0 amide bonds. The fraction of sp³-hybridized carbons (Fsp3) is 0.600. The van der Waals surface area contributed by atoms with E-state index in [0.29, 0.717) is 18.5 Å². The van der Waals surface area contributed by atoms with Crippen molar-refractivity contribution in [1.29, 1.82) is 0 Å². The first-order chi connectivity index (χ1) is 9.99. The van der Waals surface area contributed by atoms with E-state index in [0.717, 1.165) is 11.3 Å². The van der Waals surface area contributed by atoms with Crippen LogP contribution in [0.2, 0.25) is 0 Å². The van der Waals surface area contributed by atoms with Crippen molar-refractivity contribution in [2.45, 2.75) is 44.1 Å². The van der Waals surface area contributed by atoms with Gasteiger partial charge >= 0.3 is 0 Å². The molecule has 0 saturated carbocycles. The zero-order chi connectivity index (χ0) is 15.6. The minimum atomic E-state index is -0.890. The number of nitrogens with two attached hydrogens (primary N) is 1. The Morgan fingerprint density at radius 3 is 2.10 bits per heavy atom. The van der Waals surface area contributed by atoms with Crippen molar-refractivity contribution >= 4 is 11.4 Å².